The lowest BCUT2D eigenvalue weighted by molar-refractivity contribution is 0.152. The highest BCUT2D eigenvalue weighted by atomic mass is 16.5. The molecule has 0 aliphatic rings. The minimum Gasteiger partial charge on any atom is -0.449 e. The van der Waals surface area contributed by atoms with E-state index in [0.29, 0.717) is 6.61 Å². The SMILES string of the molecule is CCOC(=O)NN=CC(C)(C)C. The molecule has 0 heterocycles. The molecule has 0 spiro atoms. The van der Waals surface area contributed by atoms with Gasteiger partial charge in [-0.15, -0.1) is 0 Å². The first-order valence-electron chi connectivity index (χ1n) is 3.92. The van der Waals surface area contributed by atoms with Gasteiger partial charge in [-0.1, -0.05) is 20.8 Å². The van der Waals surface area contributed by atoms with Crippen molar-refractivity contribution in [3.05, 3.63) is 0 Å². The van der Waals surface area contributed by atoms with Gasteiger partial charge in [-0.2, -0.15) is 5.10 Å². The zero-order chi connectivity index (χ0) is 9.61. The summed E-state index contributed by atoms with van der Waals surface area (Å²) in [6.45, 7) is 8.07. The van der Waals surface area contributed by atoms with E-state index in [0.717, 1.165) is 0 Å². The second-order valence-electron chi connectivity index (χ2n) is 3.46. The first-order chi connectivity index (χ1) is 5.45. The molecule has 4 heteroatoms. The van der Waals surface area contributed by atoms with Crippen LogP contribution in [0.1, 0.15) is 27.7 Å². The third-order valence-electron chi connectivity index (χ3n) is 0.883. The predicted molar refractivity (Wildman–Crippen MR) is 48.1 cm³/mol. The van der Waals surface area contributed by atoms with Crippen LogP contribution in [0.5, 0.6) is 0 Å². The highest BCUT2D eigenvalue weighted by Gasteiger charge is 2.05. The first kappa shape index (κ1) is 10.9. The number of carbonyl (C=O) groups excluding carboxylic acids is 1. The van der Waals surface area contributed by atoms with Crippen LogP contribution in [-0.4, -0.2) is 18.9 Å². The van der Waals surface area contributed by atoms with Crippen LogP contribution in [0, 0.1) is 5.41 Å². The molecular formula is C8H16N2O2. The predicted octanol–water partition coefficient (Wildman–Crippen LogP) is 1.76. The summed E-state index contributed by atoms with van der Waals surface area (Å²) in [6.07, 6.45) is 1.14. The second-order valence-corrected chi connectivity index (χ2v) is 3.46. The number of hydrogen-bond donors (Lipinski definition) is 1. The van der Waals surface area contributed by atoms with Gasteiger partial charge < -0.3 is 4.74 Å². The molecule has 70 valence electrons. The van der Waals surface area contributed by atoms with Crippen molar-refractivity contribution in [1.29, 1.82) is 0 Å². The lowest BCUT2D eigenvalue weighted by atomic mass is 9.99. The lowest BCUT2D eigenvalue weighted by Crippen LogP contribution is -2.20. The molecule has 0 aromatic rings. The largest absolute Gasteiger partial charge is 0.449 e. The van der Waals surface area contributed by atoms with Gasteiger partial charge in [0, 0.05) is 6.21 Å². The molecule has 0 saturated carbocycles. The molecule has 0 atom stereocenters. The summed E-state index contributed by atoms with van der Waals surface area (Å²) < 4.78 is 4.59. The number of ether oxygens (including phenoxy) is 1. The van der Waals surface area contributed by atoms with Crippen molar-refractivity contribution in [3.63, 3.8) is 0 Å². The van der Waals surface area contributed by atoms with E-state index in [1.807, 2.05) is 20.8 Å². The summed E-state index contributed by atoms with van der Waals surface area (Å²) in [4.78, 5) is 10.7. The van der Waals surface area contributed by atoms with Crippen LogP contribution < -0.4 is 5.43 Å². The van der Waals surface area contributed by atoms with Gasteiger partial charge in [0.1, 0.15) is 0 Å². The van der Waals surface area contributed by atoms with E-state index >= 15 is 0 Å². The molecule has 1 N–H and O–H groups in total. The number of amides is 1. The summed E-state index contributed by atoms with van der Waals surface area (Å²) in [7, 11) is 0. The molecule has 0 aromatic heterocycles. The van der Waals surface area contributed by atoms with E-state index in [1.165, 1.54) is 0 Å². The average molecular weight is 172 g/mol. The Morgan fingerprint density at radius 1 is 1.58 bits per heavy atom. The van der Waals surface area contributed by atoms with Crippen LogP contribution in [0.3, 0.4) is 0 Å². The van der Waals surface area contributed by atoms with E-state index in [1.54, 1.807) is 13.1 Å². The normalized spacial score (nSPS) is 11.7. The smallest absolute Gasteiger partial charge is 0.427 e. The summed E-state index contributed by atoms with van der Waals surface area (Å²) in [5, 5.41) is 3.71. The zero-order valence-electron chi connectivity index (χ0n) is 8.05. The molecular weight excluding hydrogens is 156 g/mol. The van der Waals surface area contributed by atoms with E-state index < -0.39 is 6.09 Å². The van der Waals surface area contributed by atoms with Gasteiger partial charge >= 0.3 is 6.09 Å². The van der Waals surface area contributed by atoms with Gasteiger partial charge in [0.2, 0.25) is 0 Å². The monoisotopic (exact) mass is 172 g/mol. The first-order valence-corrected chi connectivity index (χ1v) is 3.92. The fourth-order valence-corrected chi connectivity index (χ4v) is 0.442. The van der Waals surface area contributed by atoms with Crippen molar-refractivity contribution >= 4 is 12.3 Å². The Morgan fingerprint density at radius 2 is 2.17 bits per heavy atom. The maximum atomic E-state index is 10.7. The number of nitrogens with zero attached hydrogens (tertiary/aromatic N) is 1. The minimum absolute atomic E-state index is 0.0283. The van der Waals surface area contributed by atoms with Crippen LogP contribution in [-0.2, 0) is 4.74 Å². The molecule has 0 aromatic carbocycles. The van der Waals surface area contributed by atoms with E-state index in [4.69, 9.17) is 0 Å². The molecule has 0 radical (unpaired) electrons. The molecule has 0 aliphatic carbocycles. The fraction of sp³-hybridized carbons (Fsp3) is 0.750. The van der Waals surface area contributed by atoms with Gasteiger partial charge in [0.25, 0.3) is 0 Å². The van der Waals surface area contributed by atoms with Crippen molar-refractivity contribution < 1.29 is 9.53 Å². The summed E-state index contributed by atoms with van der Waals surface area (Å²) >= 11 is 0. The van der Waals surface area contributed by atoms with Crippen molar-refractivity contribution in [2.75, 3.05) is 6.61 Å². The third kappa shape index (κ3) is 7.05. The summed E-state index contributed by atoms with van der Waals surface area (Å²) in [6, 6.07) is 0. The Balaban J connectivity index is 3.68. The highest BCUT2D eigenvalue weighted by Crippen LogP contribution is 2.07. The minimum atomic E-state index is -0.516. The van der Waals surface area contributed by atoms with Crippen molar-refractivity contribution in [1.82, 2.24) is 5.43 Å². The lowest BCUT2D eigenvalue weighted by Gasteiger charge is -2.09. The standard InChI is InChI=1S/C8H16N2O2/c1-5-12-7(11)10-9-6-8(2,3)4/h6H,5H2,1-4H3,(H,10,11). The van der Waals surface area contributed by atoms with Gasteiger partial charge in [0.15, 0.2) is 0 Å². The number of nitrogens with one attached hydrogen (secondary N) is 1. The van der Waals surface area contributed by atoms with E-state index in [9.17, 15) is 4.79 Å². The third-order valence-corrected chi connectivity index (χ3v) is 0.883. The van der Waals surface area contributed by atoms with Gasteiger partial charge in [-0.05, 0) is 12.3 Å². The van der Waals surface area contributed by atoms with Gasteiger partial charge in [-0.3, -0.25) is 0 Å². The Labute approximate surface area is 73.0 Å². The molecule has 0 rings (SSSR count). The average Bonchev–Trinajstić information content (AvgIpc) is 1.84. The van der Waals surface area contributed by atoms with E-state index in [-0.39, 0.29) is 5.41 Å². The topological polar surface area (TPSA) is 50.7 Å². The second kappa shape index (κ2) is 4.74. The van der Waals surface area contributed by atoms with E-state index in [2.05, 4.69) is 15.3 Å². The summed E-state index contributed by atoms with van der Waals surface area (Å²) in [5.74, 6) is 0. The van der Waals surface area contributed by atoms with Gasteiger partial charge in [-0.25, -0.2) is 10.2 Å². The Bertz CT molecular complexity index is 170. The molecule has 0 fully saturated rings. The van der Waals surface area contributed by atoms with Crippen LogP contribution in [0.25, 0.3) is 0 Å². The molecule has 0 bridgehead atoms. The zero-order valence-corrected chi connectivity index (χ0v) is 8.05. The quantitative estimate of drug-likeness (QED) is 0.509. The van der Waals surface area contributed by atoms with Crippen LogP contribution in [0.4, 0.5) is 4.79 Å². The number of rotatable bonds is 2. The van der Waals surface area contributed by atoms with Crippen molar-refractivity contribution in [2.45, 2.75) is 27.7 Å². The van der Waals surface area contributed by atoms with Crippen molar-refractivity contribution in [3.8, 4) is 0 Å². The molecule has 0 saturated heterocycles. The molecule has 0 aliphatic heterocycles. The molecule has 0 unspecified atom stereocenters. The van der Waals surface area contributed by atoms with Crippen molar-refractivity contribution in [2.24, 2.45) is 10.5 Å². The summed E-state index contributed by atoms with van der Waals surface area (Å²) in [5.41, 5.74) is 2.22. The number of carbonyl (C=O) groups is 1. The fourth-order valence-electron chi connectivity index (χ4n) is 0.442. The Morgan fingerprint density at radius 3 is 2.58 bits per heavy atom. The molecule has 12 heavy (non-hydrogen) atoms. The highest BCUT2D eigenvalue weighted by molar-refractivity contribution is 5.70. The van der Waals surface area contributed by atoms with Gasteiger partial charge in [0.05, 0.1) is 6.61 Å². The Kier molecular flexibility index (Phi) is 4.33. The Hall–Kier alpha value is -1.06. The van der Waals surface area contributed by atoms with Crippen LogP contribution in [0.15, 0.2) is 5.10 Å². The number of hydrazone groups is 1. The van der Waals surface area contributed by atoms with Crippen LogP contribution in [0.2, 0.25) is 0 Å². The molecule has 1 amide bonds. The maximum Gasteiger partial charge on any atom is 0.427 e. The van der Waals surface area contributed by atoms with Crippen LogP contribution >= 0.6 is 0 Å². The number of hydrogen-bond acceptors (Lipinski definition) is 3. The molecule has 4 nitrogen and oxygen atoms in total. The maximum absolute atomic E-state index is 10.7.